The summed E-state index contributed by atoms with van der Waals surface area (Å²) < 4.78 is 7.50. The van der Waals surface area contributed by atoms with Crippen molar-refractivity contribution in [2.24, 2.45) is 0 Å². The van der Waals surface area contributed by atoms with Gasteiger partial charge in [0.2, 0.25) is 5.88 Å². The number of aromatic nitrogens is 3. The summed E-state index contributed by atoms with van der Waals surface area (Å²) in [5, 5.41) is 26.2. The summed E-state index contributed by atoms with van der Waals surface area (Å²) in [6, 6.07) is 7.66. The zero-order chi connectivity index (χ0) is 20.4. The third kappa shape index (κ3) is 3.58. The SMILES string of the molecule is CN(C#N)CCC1Oc2ncc(-c3cccc4c3cnn4CCO)cc2NC1=O. The Labute approximate surface area is 167 Å². The van der Waals surface area contributed by atoms with Crippen molar-refractivity contribution in [2.75, 3.05) is 25.5 Å². The number of pyridine rings is 1. The molecular weight excluding hydrogens is 372 g/mol. The Balaban J connectivity index is 1.62. The fraction of sp³-hybridized carbons (Fsp3) is 0.300. The molecule has 29 heavy (non-hydrogen) atoms. The van der Waals surface area contributed by atoms with E-state index in [2.05, 4.69) is 15.4 Å². The molecule has 2 N–H and O–H groups in total. The van der Waals surface area contributed by atoms with Crippen LogP contribution in [0.15, 0.2) is 36.7 Å². The predicted octanol–water partition coefficient (Wildman–Crippen LogP) is 1.59. The van der Waals surface area contributed by atoms with Gasteiger partial charge in [0, 0.05) is 37.2 Å². The molecule has 9 heteroatoms. The Morgan fingerprint density at radius 3 is 3.07 bits per heavy atom. The first-order chi connectivity index (χ1) is 14.1. The highest BCUT2D eigenvalue weighted by Gasteiger charge is 2.29. The van der Waals surface area contributed by atoms with E-state index in [0.717, 1.165) is 22.0 Å². The van der Waals surface area contributed by atoms with Gasteiger partial charge in [-0.2, -0.15) is 10.4 Å². The number of amides is 1. The van der Waals surface area contributed by atoms with Crippen LogP contribution >= 0.6 is 0 Å². The molecule has 0 bridgehead atoms. The Morgan fingerprint density at radius 2 is 2.28 bits per heavy atom. The molecule has 3 aromatic rings. The number of aliphatic hydroxyl groups excluding tert-OH is 1. The number of carbonyl (C=O) groups excluding carboxylic acids is 1. The van der Waals surface area contributed by atoms with Crippen molar-refractivity contribution in [2.45, 2.75) is 19.1 Å². The molecule has 9 nitrogen and oxygen atoms in total. The van der Waals surface area contributed by atoms with Crippen molar-refractivity contribution in [1.29, 1.82) is 5.26 Å². The van der Waals surface area contributed by atoms with Crippen LogP contribution in [-0.2, 0) is 11.3 Å². The number of ether oxygens (including phenoxy) is 1. The van der Waals surface area contributed by atoms with Crippen molar-refractivity contribution in [3.63, 3.8) is 0 Å². The summed E-state index contributed by atoms with van der Waals surface area (Å²) in [7, 11) is 1.66. The lowest BCUT2D eigenvalue weighted by molar-refractivity contribution is -0.124. The molecule has 1 atom stereocenters. The molecule has 1 aliphatic rings. The van der Waals surface area contributed by atoms with Crippen LogP contribution in [0, 0.1) is 11.5 Å². The van der Waals surface area contributed by atoms with Crippen LogP contribution in [0.1, 0.15) is 6.42 Å². The van der Waals surface area contributed by atoms with Crippen molar-refractivity contribution in [3.8, 4) is 23.2 Å². The fourth-order valence-electron chi connectivity index (χ4n) is 3.36. The largest absolute Gasteiger partial charge is 0.463 e. The number of benzene rings is 1. The first-order valence-electron chi connectivity index (χ1n) is 9.25. The summed E-state index contributed by atoms with van der Waals surface area (Å²) in [6.45, 7) is 0.847. The lowest BCUT2D eigenvalue weighted by Gasteiger charge is -2.26. The zero-order valence-corrected chi connectivity index (χ0v) is 15.9. The number of hydrogen-bond donors (Lipinski definition) is 2. The maximum Gasteiger partial charge on any atom is 0.265 e. The number of fused-ring (bicyclic) bond motifs is 2. The second kappa shape index (κ2) is 7.77. The second-order valence-corrected chi connectivity index (χ2v) is 6.81. The highest BCUT2D eigenvalue weighted by Crippen LogP contribution is 2.35. The van der Waals surface area contributed by atoms with E-state index >= 15 is 0 Å². The van der Waals surface area contributed by atoms with Gasteiger partial charge in [-0.1, -0.05) is 12.1 Å². The van der Waals surface area contributed by atoms with E-state index in [1.807, 2.05) is 30.5 Å². The molecule has 1 unspecified atom stereocenters. The van der Waals surface area contributed by atoms with E-state index in [9.17, 15) is 9.90 Å². The zero-order valence-electron chi connectivity index (χ0n) is 15.9. The van der Waals surface area contributed by atoms with Gasteiger partial charge in [0.05, 0.1) is 24.9 Å². The first-order valence-corrected chi connectivity index (χ1v) is 9.25. The van der Waals surface area contributed by atoms with Gasteiger partial charge in [-0.25, -0.2) is 4.98 Å². The van der Waals surface area contributed by atoms with Crippen LogP contribution in [0.2, 0.25) is 0 Å². The van der Waals surface area contributed by atoms with Gasteiger partial charge in [-0.3, -0.25) is 9.48 Å². The average Bonchev–Trinajstić information content (AvgIpc) is 3.15. The quantitative estimate of drug-likeness (QED) is 0.483. The van der Waals surface area contributed by atoms with Gasteiger partial charge in [-0.15, -0.1) is 0 Å². The molecule has 0 fully saturated rings. The number of nitriles is 1. The molecule has 0 spiro atoms. The van der Waals surface area contributed by atoms with E-state index in [1.54, 1.807) is 24.1 Å². The molecule has 1 aliphatic heterocycles. The number of rotatable bonds is 6. The molecule has 0 aliphatic carbocycles. The topological polar surface area (TPSA) is 116 Å². The van der Waals surface area contributed by atoms with Gasteiger partial charge in [-0.05, 0) is 17.7 Å². The second-order valence-electron chi connectivity index (χ2n) is 6.81. The third-order valence-electron chi connectivity index (χ3n) is 4.86. The molecule has 0 saturated carbocycles. The van der Waals surface area contributed by atoms with Crippen LogP contribution in [-0.4, -0.2) is 57.0 Å². The standard InChI is InChI=1S/C20H20N6O3/c1-25(12-21)6-5-18-19(28)24-16-9-13(10-22-20(16)29-18)14-3-2-4-17-15(14)11-23-26(17)7-8-27/h2-4,9-11,18,27H,5-8H2,1H3,(H,24,28). The molecule has 2 aromatic heterocycles. The number of nitrogens with one attached hydrogen (secondary N) is 1. The number of nitrogens with zero attached hydrogens (tertiary/aromatic N) is 5. The van der Waals surface area contributed by atoms with Crippen LogP contribution in [0.4, 0.5) is 5.69 Å². The number of aliphatic hydroxyl groups is 1. The minimum atomic E-state index is -0.684. The summed E-state index contributed by atoms with van der Waals surface area (Å²) in [4.78, 5) is 18.2. The molecule has 4 rings (SSSR count). The highest BCUT2D eigenvalue weighted by atomic mass is 16.5. The molecular formula is C20H20N6O3. The van der Waals surface area contributed by atoms with E-state index < -0.39 is 6.10 Å². The maximum absolute atomic E-state index is 12.4. The van der Waals surface area contributed by atoms with Gasteiger partial charge in [0.1, 0.15) is 5.69 Å². The lowest BCUT2D eigenvalue weighted by Crippen LogP contribution is -2.39. The van der Waals surface area contributed by atoms with Crippen LogP contribution in [0.5, 0.6) is 5.88 Å². The Hall–Kier alpha value is -3.64. The summed E-state index contributed by atoms with van der Waals surface area (Å²) in [6.07, 6.45) is 5.17. The predicted molar refractivity (Wildman–Crippen MR) is 106 cm³/mol. The van der Waals surface area contributed by atoms with Crippen LogP contribution in [0.3, 0.4) is 0 Å². The van der Waals surface area contributed by atoms with Crippen LogP contribution in [0.25, 0.3) is 22.0 Å². The first kappa shape index (κ1) is 18.7. The molecule has 1 aromatic carbocycles. The monoisotopic (exact) mass is 392 g/mol. The minimum Gasteiger partial charge on any atom is -0.463 e. The van der Waals surface area contributed by atoms with E-state index in [1.165, 1.54) is 4.90 Å². The Bertz CT molecular complexity index is 1100. The Kier molecular flexibility index (Phi) is 5.01. The van der Waals surface area contributed by atoms with E-state index in [0.29, 0.717) is 31.1 Å². The Morgan fingerprint density at radius 1 is 1.41 bits per heavy atom. The normalized spacial score (nSPS) is 15.3. The van der Waals surface area contributed by atoms with Gasteiger partial charge < -0.3 is 20.1 Å². The van der Waals surface area contributed by atoms with Crippen molar-refractivity contribution < 1.29 is 14.6 Å². The van der Waals surface area contributed by atoms with Crippen molar-refractivity contribution in [3.05, 3.63) is 36.7 Å². The van der Waals surface area contributed by atoms with Gasteiger partial charge in [0.25, 0.3) is 5.91 Å². The number of carbonyl (C=O) groups is 1. The van der Waals surface area contributed by atoms with Crippen molar-refractivity contribution in [1.82, 2.24) is 19.7 Å². The smallest absolute Gasteiger partial charge is 0.265 e. The maximum atomic E-state index is 12.4. The average molecular weight is 392 g/mol. The molecule has 1 amide bonds. The van der Waals surface area contributed by atoms with Crippen molar-refractivity contribution >= 4 is 22.5 Å². The molecule has 3 heterocycles. The minimum absolute atomic E-state index is 0.0100. The number of hydrogen-bond acceptors (Lipinski definition) is 7. The molecule has 0 radical (unpaired) electrons. The summed E-state index contributed by atoms with van der Waals surface area (Å²) in [5.74, 6) is 0.109. The highest BCUT2D eigenvalue weighted by molar-refractivity contribution is 5.99. The molecule has 148 valence electrons. The lowest BCUT2D eigenvalue weighted by atomic mass is 10.0. The van der Waals surface area contributed by atoms with E-state index in [4.69, 9.17) is 10.00 Å². The van der Waals surface area contributed by atoms with Gasteiger partial charge >= 0.3 is 0 Å². The summed E-state index contributed by atoms with van der Waals surface area (Å²) >= 11 is 0. The van der Waals surface area contributed by atoms with Gasteiger partial charge in [0.15, 0.2) is 12.3 Å². The summed E-state index contributed by atoms with van der Waals surface area (Å²) in [5.41, 5.74) is 3.17. The third-order valence-corrected chi connectivity index (χ3v) is 4.86. The van der Waals surface area contributed by atoms with E-state index in [-0.39, 0.29) is 12.5 Å². The van der Waals surface area contributed by atoms with Crippen LogP contribution < -0.4 is 10.1 Å². The fourth-order valence-corrected chi connectivity index (χ4v) is 3.36. The number of anilines is 1. The molecule has 0 saturated heterocycles.